The standard InChI is InChI=1S/C17H18FNOS/c1-2-19(15-6-4-3-5-7-15)17(20)12-13-21-16-10-8-14(18)9-11-16/h3-11H,2,12-13H2,1H3. The van der Waals surface area contributed by atoms with Crippen LogP contribution < -0.4 is 4.90 Å². The number of para-hydroxylation sites is 1. The first-order valence-electron chi connectivity index (χ1n) is 6.94. The molecule has 0 aromatic heterocycles. The third kappa shape index (κ3) is 4.60. The molecule has 21 heavy (non-hydrogen) atoms. The van der Waals surface area contributed by atoms with Crippen LogP contribution in [-0.4, -0.2) is 18.2 Å². The molecule has 0 aliphatic heterocycles. The zero-order valence-corrected chi connectivity index (χ0v) is 12.8. The number of amides is 1. The molecule has 0 aliphatic rings. The third-order valence-corrected chi connectivity index (χ3v) is 4.10. The summed E-state index contributed by atoms with van der Waals surface area (Å²) in [6, 6.07) is 16.0. The highest BCUT2D eigenvalue weighted by Gasteiger charge is 2.13. The lowest BCUT2D eigenvalue weighted by atomic mass is 10.2. The second-order valence-electron chi connectivity index (χ2n) is 4.53. The van der Waals surface area contributed by atoms with Crippen LogP contribution in [0.5, 0.6) is 0 Å². The molecule has 0 unspecified atom stereocenters. The normalized spacial score (nSPS) is 10.4. The van der Waals surface area contributed by atoms with Gasteiger partial charge in [0.2, 0.25) is 5.91 Å². The minimum absolute atomic E-state index is 0.110. The van der Waals surface area contributed by atoms with Gasteiger partial charge < -0.3 is 4.90 Å². The lowest BCUT2D eigenvalue weighted by Crippen LogP contribution is -2.30. The Morgan fingerprint density at radius 2 is 1.76 bits per heavy atom. The lowest BCUT2D eigenvalue weighted by molar-refractivity contribution is -0.118. The Morgan fingerprint density at radius 3 is 2.38 bits per heavy atom. The molecule has 2 rings (SSSR count). The highest BCUT2D eigenvalue weighted by atomic mass is 32.2. The van der Waals surface area contributed by atoms with Gasteiger partial charge in [0.15, 0.2) is 0 Å². The van der Waals surface area contributed by atoms with Crippen molar-refractivity contribution < 1.29 is 9.18 Å². The number of benzene rings is 2. The van der Waals surface area contributed by atoms with Crippen LogP contribution in [-0.2, 0) is 4.79 Å². The molecular weight excluding hydrogens is 285 g/mol. The second kappa shape index (κ2) is 7.84. The maximum Gasteiger partial charge on any atom is 0.227 e. The first-order chi connectivity index (χ1) is 10.2. The minimum Gasteiger partial charge on any atom is -0.313 e. The van der Waals surface area contributed by atoms with Gasteiger partial charge >= 0.3 is 0 Å². The van der Waals surface area contributed by atoms with Crippen LogP contribution in [0.25, 0.3) is 0 Å². The van der Waals surface area contributed by atoms with Gasteiger partial charge in [-0.2, -0.15) is 0 Å². The molecule has 2 aromatic carbocycles. The smallest absolute Gasteiger partial charge is 0.227 e. The van der Waals surface area contributed by atoms with Gasteiger partial charge in [-0.1, -0.05) is 18.2 Å². The van der Waals surface area contributed by atoms with Crippen molar-refractivity contribution in [2.75, 3.05) is 17.2 Å². The Balaban J connectivity index is 1.87. The summed E-state index contributed by atoms with van der Waals surface area (Å²) in [7, 11) is 0. The SMILES string of the molecule is CCN(C(=O)CCSc1ccc(F)cc1)c1ccccc1. The van der Waals surface area contributed by atoms with E-state index in [4.69, 9.17) is 0 Å². The Kier molecular flexibility index (Phi) is 5.81. The molecule has 110 valence electrons. The highest BCUT2D eigenvalue weighted by Crippen LogP contribution is 2.20. The van der Waals surface area contributed by atoms with Gasteiger partial charge in [-0.15, -0.1) is 11.8 Å². The van der Waals surface area contributed by atoms with E-state index in [0.29, 0.717) is 18.7 Å². The predicted molar refractivity (Wildman–Crippen MR) is 86.2 cm³/mol. The van der Waals surface area contributed by atoms with Gasteiger partial charge in [0.05, 0.1) is 0 Å². The van der Waals surface area contributed by atoms with Crippen LogP contribution in [0.1, 0.15) is 13.3 Å². The molecule has 2 aromatic rings. The fourth-order valence-electron chi connectivity index (χ4n) is 2.03. The third-order valence-electron chi connectivity index (χ3n) is 3.08. The number of hydrogen-bond donors (Lipinski definition) is 0. The Labute approximate surface area is 129 Å². The number of rotatable bonds is 6. The van der Waals surface area contributed by atoms with E-state index in [1.807, 2.05) is 37.3 Å². The first-order valence-corrected chi connectivity index (χ1v) is 7.93. The van der Waals surface area contributed by atoms with Gasteiger partial charge in [0, 0.05) is 29.3 Å². The number of thioether (sulfide) groups is 1. The zero-order valence-electron chi connectivity index (χ0n) is 12.0. The van der Waals surface area contributed by atoms with E-state index >= 15 is 0 Å². The Hall–Kier alpha value is -1.81. The predicted octanol–water partition coefficient (Wildman–Crippen LogP) is 4.36. The quantitative estimate of drug-likeness (QED) is 0.739. The zero-order chi connectivity index (χ0) is 15.1. The maximum atomic E-state index is 12.8. The van der Waals surface area contributed by atoms with Gasteiger partial charge in [0.1, 0.15) is 5.82 Å². The van der Waals surface area contributed by atoms with Crippen LogP contribution >= 0.6 is 11.8 Å². The Bertz CT molecular complexity index is 571. The van der Waals surface area contributed by atoms with E-state index in [1.165, 1.54) is 12.1 Å². The summed E-state index contributed by atoms with van der Waals surface area (Å²) in [5, 5.41) is 0. The van der Waals surface area contributed by atoms with Gasteiger partial charge in [0.25, 0.3) is 0 Å². The average molecular weight is 303 g/mol. The summed E-state index contributed by atoms with van der Waals surface area (Å²) in [6.07, 6.45) is 0.463. The van der Waals surface area contributed by atoms with E-state index in [0.717, 1.165) is 10.6 Å². The van der Waals surface area contributed by atoms with E-state index in [9.17, 15) is 9.18 Å². The fourth-order valence-corrected chi connectivity index (χ4v) is 2.87. The molecule has 2 nitrogen and oxygen atoms in total. The summed E-state index contributed by atoms with van der Waals surface area (Å²) in [4.78, 5) is 15.0. The summed E-state index contributed by atoms with van der Waals surface area (Å²) in [5.74, 6) is 0.559. The summed E-state index contributed by atoms with van der Waals surface area (Å²) in [5.41, 5.74) is 0.928. The monoisotopic (exact) mass is 303 g/mol. The number of carbonyl (C=O) groups is 1. The van der Waals surface area contributed by atoms with Crippen molar-refractivity contribution >= 4 is 23.4 Å². The van der Waals surface area contributed by atoms with Crippen molar-refractivity contribution in [2.24, 2.45) is 0 Å². The van der Waals surface area contributed by atoms with Gasteiger partial charge in [-0.05, 0) is 43.3 Å². The molecule has 0 radical (unpaired) electrons. The molecule has 1 amide bonds. The molecule has 0 saturated heterocycles. The van der Waals surface area contributed by atoms with E-state index in [-0.39, 0.29) is 11.7 Å². The van der Waals surface area contributed by atoms with Crippen molar-refractivity contribution in [2.45, 2.75) is 18.2 Å². The highest BCUT2D eigenvalue weighted by molar-refractivity contribution is 7.99. The number of nitrogens with zero attached hydrogens (tertiary/aromatic N) is 1. The van der Waals surface area contributed by atoms with E-state index in [1.54, 1.807) is 28.8 Å². The Morgan fingerprint density at radius 1 is 1.10 bits per heavy atom. The largest absolute Gasteiger partial charge is 0.313 e. The van der Waals surface area contributed by atoms with Crippen LogP contribution in [0.15, 0.2) is 59.5 Å². The molecule has 0 fully saturated rings. The van der Waals surface area contributed by atoms with Gasteiger partial charge in [-0.25, -0.2) is 4.39 Å². The van der Waals surface area contributed by atoms with Crippen LogP contribution in [0, 0.1) is 5.82 Å². The van der Waals surface area contributed by atoms with Crippen molar-refractivity contribution in [3.8, 4) is 0 Å². The van der Waals surface area contributed by atoms with Gasteiger partial charge in [-0.3, -0.25) is 4.79 Å². The van der Waals surface area contributed by atoms with Crippen LogP contribution in [0.4, 0.5) is 10.1 Å². The first kappa shape index (κ1) is 15.6. The number of carbonyl (C=O) groups excluding carboxylic acids is 1. The van der Waals surface area contributed by atoms with Crippen molar-refractivity contribution in [3.05, 3.63) is 60.4 Å². The summed E-state index contributed by atoms with van der Waals surface area (Å²) in [6.45, 7) is 2.63. The van der Waals surface area contributed by atoms with E-state index < -0.39 is 0 Å². The molecule has 0 saturated carbocycles. The molecule has 0 N–H and O–H groups in total. The minimum atomic E-state index is -0.239. The van der Waals surface area contributed by atoms with Crippen LogP contribution in [0.3, 0.4) is 0 Å². The molecule has 0 bridgehead atoms. The molecule has 0 heterocycles. The van der Waals surface area contributed by atoms with E-state index in [2.05, 4.69) is 0 Å². The fraction of sp³-hybridized carbons (Fsp3) is 0.235. The number of halogens is 1. The molecule has 0 atom stereocenters. The molecular formula is C17H18FNOS. The number of hydrogen-bond acceptors (Lipinski definition) is 2. The van der Waals surface area contributed by atoms with Crippen LogP contribution in [0.2, 0.25) is 0 Å². The topological polar surface area (TPSA) is 20.3 Å². The molecule has 0 aliphatic carbocycles. The van der Waals surface area contributed by atoms with Crippen molar-refractivity contribution in [1.82, 2.24) is 0 Å². The molecule has 4 heteroatoms. The second-order valence-corrected chi connectivity index (χ2v) is 5.69. The van der Waals surface area contributed by atoms with Crippen molar-refractivity contribution in [1.29, 1.82) is 0 Å². The molecule has 0 spiro atoms. The summed E-state index contributed by atoms with van der Waals surface area (Å²) >= 11 is 1.57. The lowest BCUT2D eigenvalue weighted by Gasteiger charge is -2.20. The average Bonchev–Trinajstić information content (AvgIpc) is 2.51. The van der Waals surface area contributed by atoms with Crippen molar-refractivity contribution in [3.63, 3.8) is 0 Å². The maximum absolute atomic E-state index is 12.8. The number of anilines is 1. The summed E-state index contributed by atoms with van der Waals surface area (Å²) < 4.78 is 12.8.